The van der Waals surface area contributed by atoms with Crippen molar-refractivity contribution in [2.75, 3.05) is 0 Å². The van der Waals surface area contributed by atoms with Gasteiger partial charge in [-0.25, -0.2) is 0 Å². The normalized spacial score (nSPS) is 0. The predicted octanol–water partition coefficient (Wildman–Crippen LogP) is -0.366. The van der Waals surface area contributed by atoms with Gasteiger partial charge in [-0.1, -0.05) is 0 Å². The molecule has 0 amide bonds. The Hall–Kier alpha value is 3.41. The fourth-order valence-electron chi connectivity index (χ4n) is 0. The van der Waals surface area contributed by atoms with Crippen molar-refractivity contribution in [3.63, 3.8) is 0 Å². The third-order valence-corrected chi connectivity index (χ3v) is 0. The van der Waals surface area contributed by atoms with Crippen molar-refractivity contribution in [3.05, 3.63) is 0 Å². The van der Waals surface area contributed by atoms with Gasteiger partial charge >= 0.3 is 65.4 Å². The molecule has 3 nitrogen and oxygen atoms in total. The molecule has 0 aromatic heterocycles. The fourth-order valence-corrected chi connectivity index (χ4v) is 0. The zero-order chi connectivity index (χ0) is 0. The molecule has 0 saturated carbocycles. The van der Waals surface area contributed by atoms with Crippen LogP contribution < -0.4 is 0 Å². The Morgan fingerprint density at radius 2 is 0.429 bits per heavy atom. The second-order valence-electron chi connectivity index (χ2n) is 0. The first-order valence-electron chi connectivity index (χ1n) is 0. The van der Waals surface area contributed by atoms with Gasteiger partial charge in [-0.3, -0.25) is 0 Å². The van der Waals surface area contributed by atoms with E-state index < -0.39 is 0 Å². The van der Waals surface area contributed by atoms with E-state index in [1.165, 1.54) is 0 Å². The Bertz CT molecular complexity index is 10.9. The molecule has 7 heavy (non-hydrogen) atoms. The summed E-state index contributed by atoms with van der Waals surface area (Å²) in [7, 11) is 0. The summed E-state index contributed by atoms with van der Waals surface area (Å²) in [6.45, 7) is 0. The number of rotatable bonds is 0. The van der Waals surface area contributed by atoms with E-state index in [2.05, 4.69) is 0 Å². The van der Waals surface area contributed by atoms with E-state index in [1.807, 2.05) is 0 Å². The van der Waals surface area contributed by atoms with Gasteiger partial charge in [-0.2, -0.15) is 0 Å². The van der Waals surface area contributed by atoms with Crippen LogP contribution in [0.25, 0.3) is 0 Å². The summed E-state index contributed by atoms with van der Waals surface area (Å²) in [6, 6.07) is 0. The monoisotopic (exact) mass is 600 g/mol. The van der Waals surface area contributed by atoms with E-state index in [4.69, 9.17) is 0 Å². The van der Waals surface area contributed by atoms with Crippen molar-refractivity contribution in [1.82, 2.24) is 0 Å². The third-order valence-electron chi connectivity index (χ3n) is 0. The predicted molar refractivity (Wildman–Crippen MR) is 2.06 cm³/mol. The molecule has 0 saturated heterocycles. The van der Waals surface area contributed by atoms with Crippen molar-refractivity contribution in [2.24, 2.45) is 0 Å². The maximum Gasteiger partial charge on any atom is 3.00 e. The molecule has 2 radical (unpaired) electrons. The summed E-state index contributed by atoms with van der Waals surface area (Å²) in [5.74, 6) is 0. The third kappa shape index (κ3) is 44.4. The van der Waals surface area contributed by atoms with Crippen LogP contribution in [0, 0.1) is 0 Å². The van der Waals surface area contributed by atoms with Crippen molar-refractivity contribution in [2.45, 2.75) is 0 Å². The molecule has 0 aromatic rings. The molecule has 0 aliphatic rings. The van der Waals surface area contributed by atoms with Gasteiger partial charge in [-0.05, 0) is 0 Å². The molecule has 0 unspecified atom stereocenters. The van der Waals surface area contributed by atoms with Crippen LogP contribution in [-0.2, 0) is 123 Å². The Labute approximate surface area is 120 Å². The van der Waals surface area contributed by atoms with Gasteiger partial charge in [0.25, 0.3) is 0 Å². The van der Waals surface area contributed by atoms with E-state index >= 15 is 0 Å². The van der Waals surface area contributed by atoms with Crippen LogP contribution in [0.15, 0.2) is 0 Å². The largest absolute Gasteiger partial charge is 3.00 e. The molecule has 0 rings (SSSR count). The smallest absolute Gasteiger partial charge is 2.00 e. The average molecular weight is 598 g/mol. The molecule has 38 valence electrons. The summed E-state index contributed by atoms with van der Waals surface area (Å²) < 4.78 is 0. The quantitative estimate of drug-likeness (QED) is 0.365. The van der Waals surface area contributed by atoms with Gasteiger partial charge in [0.1, 0.15) is 0 Å². The van der Waals surface area contributed by atoms with Crippen LogP contribution >= 0.6 is 0 Å². The van der Waals surface area contributed by atoms with Gasteiger partial charge in [0.15, 0.2) is 0 Å². The zero-order valence-electron chi connectivity index (χ0n) is 3.14. The zero-order valence-corrected chi connectivity index (χ0v) is 14.2. The number of hydrogen-bond acceptors (Lipinski definition) is 0. The molecular formula is O3Re2Y2. The van der Waals surface area contributed by atoms with Crippen molar-refractivity contribution in [3.8, 4) is 0 Å². The maximum atomic E-state index is 0. The van der Waals surface area contributed by atoms with Crippen LogP contribution in [0.2, 0.25) is 0 Å². The van der Waals surface area contributed by atoms with Gasteiger partial charge in [0.2, 0.25) is 0 Å². The minimum Gasteiger partial charge on any atom is -2.00 e. The van der Waals surface area contributed by atoms with E-state index in [0.29, 0.717) is 0 Å². The van der Waals surface area contributed by atoms with Crippen molar-refractivity contribution >= 4 is 0 Å². The Kier molecular flexibility index (Phi) is 647. The second kappa shape index (κ2) is 57.2. The Morgan fingerprint density at radius 1 is 0.429 bits per heavy atom. The second-order valence-corrected chi connectivity index (χ2v) is 0. The van der Waals surface area contributed by atoms with Crippen molar-refractivity contribution in [1.29, 1.82) is 0 Å². The summed E-state index contributed by atoms with van der Waals surface area (Å²) >= 11 is 0. The van der Waals surface area contributed by atoms with Crippen LogP contribution in [0.4, 0.5) is 0 Å². The van der Waals surface area contributed by atoms with Gasteiger partial charge in [0.05, 0.1) is 0 Å². The summed E-state index contributed by atoms with van der Waals surface area (Å²) in [4.78, 5) is 0. The summed E-state index contributed by atoms with van der Waals surface area (Å²) in [5.41, 5.74) is 0. The Morgan fingerprint density at radius 3 is 0.429 bits per heavy atom. The summed E-state index contributed by atoms with van der Waals surface area (Å²) in [5, 5.41) is 0. The maximum absolute atomic E-state index is 0. The van der Waals surface area contributed by atoms with Gasteiger partial charge in [-0.15, -0.1) is 0 Å². The average Bonchev–Trinajstić information content (AvgIpc) is 0. The molecule has 0 aliphatic carbocycles. The first kappa shape index (κ1) is 79.2. The van der Waals surface area contributed by atoms with Crippen LogP contribution in [-0.4, -0.2) is 0 Å². The van der Waals surface area contributed by atoms with E-state index in [0.717, 1.165) is 0 Å². The number of hydrogen-bond donors (Lipinski definition) is 0. The molecule has 0 heterocycles. The minimum atomic E-state index is 0. The fraction of sp³-hybridized carbons (Fsp3) is 0. The van der Waals surface area contributed by atoms with Crippen LogP contribution in [0.5, 0.6) is 0 Å². The van der Waals surface area contributed by atoms with Crippen LogP contribution in [0.3, 0.4) is 0 Å². The van der Waals surface area contributed by atoms with Gasteiger partial charge in [0, 0.05) is 40.8 Å². The first-order valence-corrected chi connectivity index (χ1v) is 0. The molecular weight excluding hydrogens is 598 g/mol. The van der Waals surface area contributed by atoms with E-state index in [1.54, 1.807) is 0 Å². The van der Waals surface area contributed by atoms with Crippen LogP contribution in [0.1, 0.15) is 0 Å². The molecule has 0 atom stereocenters. The van der Waals surface area contributed by atoms with E-state index in [-0.39, 0.29) is 123 Å². The molecule has 0 bridgehead atoms. The molecule has 7 heteroatoms. The standard InChI is InChI=1S/3O.2Re.2Y/q3*-2;;;2*+3. The van der Waals surface area contributed by atoms with E-state index in [9.17, 15) is 0 Å². The Balaban J connectivity index is 0. The van der Waals surface area contributed by atoms with Gasteiger partial charge < -0.3 is 16.4 Å². The topological polar surface area (TPSA) is 85.5 Å². The SMILES string of the molecule is [O-2].[O-2].[O-2].[Re].[Re].[Y+3].[Y+3]. The van der Waals surface area contributed by atoms with Crippen molar-refractivity contribution < 1.29 is 123 Å². The summed E-state index contributed by atoms with van der Waals surface area (Å²) in [6.07, 6.45) is 0. The molecule has 0 fully saturated rings. The first-order chi connectivity index (χ1) is 0. The molecule has 0 spiro atoms. The molecule has 0 aliphatic heterocycles. The molecule has 0 aromatic carbocycles. The minimum absolute atomic E-state index is 0. The molecule has 0 N–H and O–H groups in total.